The number of benzene rings is 2. The fourth-order valence-electron chi connectivity index (χ4n) is 3.95. The summed E-state index contributed by atoms with van der Waals surface area (Å²) in [6.45, 7) is 0.180. The molecule has 0 bridgehead atoms. The molecule has 160 valence electrons. The highest BCUT2D eigenvalue weighted by atomic mass is 16.7. The van der Waals surface area contributed by atoms with Crippen molar-refractivity contribution in [1.29, 1.82) is 0 Å². The lowest BCUT2D eigenvalue weighted by molar-refractivity contribution is -0.0716. The van der Waals surface area contributed by atoms with Crippen LogP contribution in [0.5, 0.6) is 23.0 Å². The van der Waals surface area contributed by atoms with Crippen molar-refractivity contribution in [2.24, 2.45) is 0 Å². The minimum absolute atomic E-state index is 0.180. The third-order valence-corrected chi connectivity index (χ3v) is 5.48. The molecule has 3 aromatic rings. The summed E-state index contributed by atoms with van der Waals surface area (Å²) in [5.41, 5.74) is 0.616. The highest BCUT2D eigenvalue weighted by molar-refractivity contribution is 6.02. The number of carbonyl (C=O) groups is 1. The lowest BCUT2D eigenvalue weighted by Gasteiger charge is -2.21. The van der Waals surface area contributed by atoms with Gasteiger partial charge in [0.1, 0.15) is 12.4 Å². The Hall–Kier alpha value is -3.61. The van der Waals surface area contributed by atoms with Gasteiger partial charge >= 0.3 is 0 Å². The molecule has 1 aliphatic heterocycles. The Labute approximate surface area is 179 Å². The normalized spacial score (nSPS) is 15.8. The average Bonchev–Trinajstić information content (AvgIpc) is 3.52. The minimum Gasteiger partial charge on any atom is -0.493 e. The Bertz CT molecular complexity index is 1100. The van der Waals surface area contributed by atoms with Crippen LogP contribution < -0.4 is 24.3 Å². The van der Waals surface area contributed by atoms with Crippen LogP contribution in [-0.2, 0) is 6.61 Å². The van der Waals surface area contributed by atoms with Crippen molar-refractivity contribution < 1.29 is 28.2 Å². The standard InChI is InChI=1S/C24H23NO6/c1-27-18-6-2-3-7-19(18)28-15-17-9-11-21(29-17)23(26)25-16-8-10-20-22(14-16)31-24(30-20)12-4-5-13-24/h2-3,6-11,14H,4-5,12-13,15H2,1H3,(H,25,26). The van der Waals surface area contributed by atoms with E-state index in [1.165, 1.54) is 0 Å². The molecule has 1 amide bonds. The molecule has 1 aliphatic carbocycles. The average molecular weight is 421 g/mol. The molecule has 5 rings (SSSR count). The molecule has 2 aliphatic rings. The number of hydrogen-bond donors (Lipinski definition) is 1. The number of anilines is 1. The Balaban J connectivity index is 1.22. The van der Waals surface area contributed by atoms with E-state index in [4.69, 9.17) is 23.4 Å². The molecule has 1 saturated carbocycles. The maximum absolute atomic E-state index is 12.6. The number of para-hydroxylation sites is 2. The zero-order valence-corrected chi connectivity index (χ0v) is 17.2. The van der Waals surface area contributed by atoms with Crippen molar-refractivity contribution in [3.8, 4) is 23.0 Å². The van der Waals surface area contributed by atoms with E-state index in [1.807, 2.05) is 30.3 Å². The first kappa shape index (κ1) is 19.4. The fourth-order valence-corrected chi connectivity index (χ4v) is 3.95. The summed E-state index contributed by atoms with van der Waals surface area (Å²) in [4.78, 5) is 12.6. The van der Waals surface area contributed by atoms with Gasteiger partial charge in [-0.2, -0.15) is 0 Å². The van der Waals surface area contributed by atoms with Crippen molar-refractivity contribution in [3.63, 3.8) is 0 Å². The van der Waals surface area contributed by atoms with E-state index >= 15 is 0 Å². The zero-order valence-electron chi connectivity index (χ0n) is 17.2. The lowest BCUT2D eigenvalue weighted by Crippen LogP contribution is -2.34. The fraction of sp³-hybridized carbons (Fsp3) is 0.292. The van der Waals surface area contributed by atoms with E-state index in [9.17, 15) is 4.79 Å². The minimum atomic E-state index is -0.525. The van der Waals surface area contributed by atoms with Crippen LogP contribution in [0, 0.1) is 0 Å². The maximum Gasteiger partial charge on any atom is 0.291 e. The molecule has 7 heteroatoms. The molecule has 0 saturated heterocycles. The number of methoxy groups -OCH3 is 1. The van der Waals surface area contributed by atoms with Gasteiger partial charge in [-0.05, 0) is 49.2 Å². The van der Waals surface area contributed by atoms with Gasteiger partial charge in [0, 0.05) is 24.6 Å². The number of nitrogens with one attached hydrogen (secondary N) is 1. The van der Waals surface area contributed by atoms with Gasteiger partial charge in [-0.15, -0.1) is 0 Å². The predicted molar refractivity (Wildman–Crippen MR) is 113 cm³/mol. The van der Waals surface area contributed by atoms with Crippen molar-refractivity contribution >= 4 is 11.6 Å². The Kier molecular flexibility index (Phi) is 4.94. The number of ether oxygens (including phenoxy) is 4. The van der Waals surface area contributed by atoms with Crippen LogP contribution in [0.3, 0.4) is 0 Å². The first-order valence-electron chi connectivity index (χ1n) is 10.3. The Morgan fingerprint density at radius 1 is 1.00 bits per heavy atom. The van der Waals surface area contributed by atoms with Crippen molar-refractivity contribution in [2.45, 2.75) is 38.1 Å². The zero-order chi connectivity index (χ0) is 21.3. The topological polar surface area (TPSA) is 79.2 Å². The van der Waals surface area contributed by atoms with Gasteiger partial charge in [0.15, 0.2) is 28.8 Å². The Morgan fingerprint density at radius 2 is 1.77 bits per heavy atom. The van der Waals surface area contributed by atoms with E-state index < -0.39 is 5.79 Å². The molecular formula is C24H23NO6. The molecule has 1 N–H and O–H groups in total. The van der Waals surface area contributed by atoms with Crippen molar-refractivity contribution in [1.82, 2.24) is 0 Å². The van der Waals surface area contributed by atoms with Crippen LogP contribution in [0.4, 0.5) is 5.69 Å². The second kappa shape index (κ2) is 7.91. The van der Waals surface area contributed by atoms with Gasteiger partial charge in [-0.3, -0.25) is 4.79 Å². The number of amides is 1. The lowest BCUT2D eigenvalue weighted by atomic mass is 10.2. The summed E-state index contributed by atoms with van der Waals surface area (Å²) in [5.74, 6) is 2.47. The van der Waals surface area contributed by atoms with Gasteiger partial charge in [0.05, 0.1) is 7.11 Å². The smallest absolute Gasteiger partial charge is 0.291 e. The van der Waals surface area contributed by atoms with Crippen LogP contribution in [0.15, 0.2) is 59.0 Å². The first-order valence-corrected chi connectivity index (χ1v) is 10.3. The summed E-state index contributed by atoms with van der Waals surface area (Å²) in [6.07, 6.45) is 3.96. The predicted octanol–water partition coefficient (Wildman–Crippen LogP) is 5.16. The largest absolute Gasteiger partial charge is 0.493 e. The molecule has 31 heavy (non-hydrogen) atoms. The summed E-state index contributed by atoms with van der Waals surface area (Å²) < 4.78 is 28.7. The molecule has 1 fully saturated rings. The highest BCUT2D eigenvalue weighted by Crippen LogP contribution is 2.47. The van der Waals surface area contributed by atoms with Gasteiger partial charge < -0.3 is 28.7 Å². The third-order valence-electron chi connectivity index (χ3n) is 5.48. The van der Waals surface area contributed by atoms with Crippen molar-refractivity contribution in [2.75, 3.05) is 12.4 Å². The van der Waals surface area contributed by atoms with E-state index in [0.29, 0.717) is 34.4 Å². The second-order valence-electron chi connectivity index (χ2n) is 7.64. The number of rotatable bonds is 6. The number of furan rings is 1. The van der Waals surface area contributed by atoms with E-state index in [0.717, 1.165) is 25.7 Å². The SMILES string of the molecule is COc1ccccc1OCc1ccc(C(=O)Nc2ccc3c(c2)OC2(CCCC2)O3)o1. The molecule has 1 aromatic heterocycles. The highest BCUT2D eigenvalue weighted by Gasteiger charge is 2.44. The number of hydrogen-bond acceptors (Lipinski definition) is 6. The maximum atomic E-state index is 12.6. The van der Waals surface area contributed by atoms with Crippen molar-refractivity contribution in [3.05, 3.63) is 66.1 Å². The number of carbonyl (C=O) groups excluding carboxylic acids is 1. The van der Waals surface area contributed by atoms with Gasteiger partial charge in [0.25, 0.3) is 11.7 Å². The molecule has 1 spiro atoms. The quantitative estimate of drug-likeness (QED) is 0.592. The summed E-state index contributed by atoms with van der Waals surface area (Å²) in [5, 5.41) is 2.84. The van der Waals surface area contributed by atoms with Gasteiger partial charge in [-0.25, -0.2) is 0 Å². The first-order chi connectivity index (χ1) is 15.1. The molecular weight excluding hydrogens is 398 g/mol. The van der Waals surface area contributed by atoms with Gasteiger partial charge in [0.2, 0.25) is 0 Å². The van der Waals surface area contributed by atoms with Crippen LogP contribution in [0.25, 0.3) is 0 Å². The molecule has 7 nitrogen and oxygen atoms in total. The molecule has 0 unspecified atom stereocenters. The van der Waals surface area contributed by atoms with E-state index in [-0.39, 0.29) is 18.3 Å². The molecule has 0 radical (unpaired) electrons. The third kappa shape index (κ3) is 3.91. The van der Waals surface area contributed by atoms with Crippen LogP contribution in [-0.4, -0.2) is 18.8 Å². The number of fused-ring (bicyclic) bond motifs is 1. The second-order valence-corrected chi connectivity index (χ2v) is 7.64. The Morgan fingerprint density at radius 3 is 2.58 bits per heavy atom. The van der Waals surface area contributed by atoms with E-state index in [2.05, 4.69) is 5.32 Å². The van der Waals surface area contributed by atoms with E-state index in [1.54, 1.807) is 31.4 Å². The molecule has 0 atom stereocenters. The molecule has 2 heterocycles. The van der Waals surface area contributed by atoms with Crippen LogP contribution >= 0.6 is 0 Å². The van der Waals surface area contributed by atoms with Crippen LogP contribution in [0.2, 0.25) is 0 Å². The summed E-state index contributed by atoms with van der Waals surface area (Å²) >= 11 is 0. The summed E-state index contributed by atoms with van der Waals surface area (Å²) in [7, 11) is 1.58. The molecule has 2 aromatic carbocycles. The van der Waals surface area contributed by atoms with Gasteiger partial charge in [-0.1, -0.05) is 12.1 Å². The summed E-state index contributed by atoms with van der Waals surface area (Å²) in [6, 6.07) is 16.1. The monoisotopic (exact) mass is 421 g/mol. The van der Waals surface area contributed by atoms with Crippen LogP contribution in [0.1, 0.15) is 42.0 Å².